The molecule has 4 aliphatic rings. The Morgan fingerprint density at radius 2 is 0.959 bits per heavy atom. The summed E-state index contributed by atoms with van der Waals surface area (Å²) in [4.78, 5) is 104. The third kappa shape index (κ3) is 21.2. The zero-order chi connectivity index (χ0) is 68.3. The van der Waals surface area contributed by atoms with Gasteiger partial charge in [0, 0.05) is 50.7 Å². The number of hydrogen-bond donors (Lipinski definition) is 9. The van der Waals surface area contributed by atoms with E-state index in [1.165, 1.54) is 22.3 Å². The minimum absolute atomic E-state index is 0.0152. The topological polar surface area (TPSA) is 234 Å². The molecule has 9 rings (SSSR count). The molecule has 0 radical (unpaired) electrons. The Balaban J connectivity index is 0.716. The average Bonchev–Trinajstić information content (AvgIpc) is 1.66. The number of benzene rings is 5. The van der Waals surface area contributed by atoms with E-state index in [9.17, 15) is 33.6 Å². The van der Waals surface area contributed by atoms with Gasteiger partial charge < -0.3 is 52.8 Å². The maximum atomic E-state index is 14.8. The molecule has 0 aliphatic carbocycles. The first-order valence-corrected chi connectivity index (χ1v) is 36.5. The zero-order valence-electron chi connectivity index (χ0n) is 57.9. The first kappa shape index (κ1) is 73.6. The molecule has 522 valence electrons. The van der Waals surface area contributed by atoms with Crippen LogP contribution in [0.25, 0.3) is 0 Å². The lowest BCUT2D eigenvalue weighted by atomic mass is 9.90. The van der Waals surface area contributed by atoms with Gasteiger partial charge in [-0.3, -0.25) is 38.5 Å². The highest BCUT2D eigenvalue weighted by atomic mass is 16.2. The quantitative estimate of drug-likeness (QED) is 0.0170. The molecule has 4 saturated heterocycles. The van der Waals surface area contributed by atoms with Crippen LogP contribution in [0.15, 0.2) is 146 Å². The number of carbonyl (C=O) groups is 7. The summed E-state index contributed by atoms with van der Waals surface area (Å²) in [5.74, 6) is -1.16. The SMILES string of the molecule is CC[C@H](NC)C(=O)N[C@@H]1C(=O)N2[C@@H](CC[C@@H]1CCNCc1ccccc1)CC[C@H]2C(=O)N[C@H](C(=O)CCCCCc1ccc(CCCCNC(=O)[C@@H](NC(=O)[C@@H]2CC[C@@H]3CC[C@H](CCNCc4ccccc4)[C@H](NC(=O)[C@H](CC)NC)CN32)c2ccccc2)cc1)c1ccccc1. The Morgan fingerprint density at radius 3 is 1.55 bits per heavy atom. The lowest BCUT2D eigenvalue weighted by Gasteiger charge is -2.33. The van der Waals surface area contributed by atoms with Crippen molar-refractivity contribution < 1.29 is 33.6 Å². The summed E-state index contributed by atoms with van der Waals surface area (Å²) < 4.78 is 0. The Labute approximate surface area is 576 Å². The van der Waals surface area contributed by atoms with Crippen molar-refractivity contribution in [1.82, 2.24) is 57.7 Å². The van der Waals surface area contributed by atoms with Gasteiger partial charge in [0.05, 0.1) is 18.1 Å². The third-order valence-electron chi connectivity index (χ3n) is 21.0. The van der Waals surface area contributed by atoms with Gasteiger partial charge in [0.15, 0.2) is 5.78 Å². The van der Waals surface area contributed by atoms with Crippen LogP contribution in [0, 0.1) is 11.8 Å². The monoisotopic (exact) mass is 1320 g/mol. The van der Waals surface area contributed by atoms with Gasteiger partial charge in [0.1, 0.15) is 24.2 Å². The maximum absolute atomic E-state index is 14.8. The van der Waals surface area contributed by atoms with Crippen LogP contribution in [0.2, 0.25) is 0 Å². The number of aryl methyl sites for hydroxylation is 2. The molecule has 97 heavy (non-hydrogen) atoms. The Bertz CT molecular complexity index is 3250. The Kier molecular flexibility index (Phi) is 29.2. The van der Waals surface area contributed by atoms with E-state index >= 15 is 0 Å². The summed E-state index contributed by atoms with van der Waals surface area (Å²) in [6, 6.07) is 43.6. The highest BCUT2D eigenvalue weighted by Crippen LogP contribution is 2.37. The highest BCUT2D eigenvalue weighted by Gasteiger charge is 2.49. The van der Waals surface area contributed by atoms with E-state index in [-0.39, 0.29) is 77.2 Å². The van der Waals surface area contributed by atoms with Crippen LogP contribution < -0.4 is 47.9 Å². The highest BCUT2D eigenvalue weighted by molar-refractivity contribution is 5.96. The molecule has 5 aromatic rings. The van der Waals surface area contributed by atoms with Crippen LogP contribution in [0.4, 0.5) is 0 Å². The smallest absolute Gasteiger partial charge is 0.247 e. The summed E-state index contributed by atoms with van der Waals surface area (Å²) in [5, 5.41) is 29.4. The maximum Gasteiger partial charge on any atom is 0.247 e. The lowest BCUT2D eigenvalue weighted by Crippen LogP contribution is -2.58. The number of likely N-dealkylation sites (N-methyl/N-ethyl adjacent to an activating group) is 2. The van der Waals surface area contributed by atoms with Gasteiger partial charge in [0.2, 0.25) is 35.4 Å². The van der Waals surface area contributed by atoms with Crippen LogP contribution in [-0.4, -0.2) is 140 Å². The Morgan fingerprint density at radius 1 is 0.474 bits per heavy atom. The van der Waals surface area contributed by atoms with E-state index in [2.05, 4.69) is 113 Å². The largest absolute Gasteiger partial charge is 0.354 e. The number of carbonyl (C=O) groups excluding carboxylic acids is 7. The van der Waals surface area contributed by atoms with Crippen LogP contribution in [0.5, 0.6) is 0 Å². The predicted molar refractivity (Wildman–Crippen MR) is 383 cm³/mol. The number of hydrogen-bond acceptors (Lipinski definition) is 12. The summed E-state index contributed by atoms with van der Waals surface area (Å²) >= 11 is 0. The van der Waals surface area contributed by atoms with Crippen molar-refractivity contribution in [2.24, 2.45) is 11.8 Å². The van der Waals surface area contributed by atoms with Crippen molar-refractivity contribution in [1.29, 1.82) is 0 Å². The summed E-state index contributed by atoms with van der Waals surface area (Å²) in [6.07, 6.45) is 15.0. The molecule has 0 aromatic heterocycles. The lowest BCUT2D eigenvalue weighted by molar-refractivity contribution is -0.144. The van der Waals surface area contributed by atoms with Crippen LogP contribution in [0.1, 0.15) is 175 Å². The second kappa shape index (κ2) is 38.5. The summed E-state index contributed by atoms with van der Waals surface area (Å²) in [5.41, 5.74) is 6.28. The van der Waals surface area contributed by atoms with Gasteiger partial charge in [-0.25, -0.2) is 0 Å². The van der Waals surface area contributed by atoms with Crippen molar-refractivity contribution in [2.75, 3.05) is 40.3 Å². The van der Waals surface area contributed by atoms with Gasteiger partial charge in [0.25, 0.3) is 0 Å². The second-order valence-corrected chi connectivity index (χ2v) is 27.4. The van der Waals surface area contributed by atoms with Crippen LogP contribution in [0.3, 0.4) is 0 Å². The first-order chi connectivity index (χ1) is 47.3. The van der Waals surface area contributed by atoms with Gasteiger partial charge in [-0.05, 0) is 188 Å². The number of nitrogens with zero attached hydrogens (tertiary/aromatic N) is 2. The molecule has 4 heterocycles. The van der Waals surface area contributed by atoms with E-state index in [1.807, 2.05) is 106 Å². The van der Waals surface area contributed by atoms with Crippen LogP contribution in [-0.2, 0) is 59.5 Å². The molecule has 4 fully saturated rings. The number of unbranched alkanes of at least 4 members (excludes halogenated alkanes) is 3. The fraction of sp³-hybridized carbons (Fsp3) is 0.532. The minimum Gasteiger partial charge on any atom is -0.354 e. The van der Waals surface area contributed by atoms with E-state index in [0.717, 1.165) is 95.7 Å². The van der Waals surface area contributed by atoms with Crippen molar-refractivity contribution in [3.63, 3.8) is 0 Å². The zero-order valence-corrected chi connectivity index (χ0v) is 57.9. The van der Waals surface area contributed by atoms with Crippen molar-refractivity contribution in [2.45, 2.75) is 216 Å². The molecule has 12 atom stereocenters. The second-order valence-electron chi connectivity index (χ2n) is 27.4. The molecule has 0 bridgehead atoms. The number of ketones is 1. The summed E-state index contributed by atoms with van der Waals surface area (Å²) in [7, 11) is 3.57. The molecule has 4 aliphatic heterocycles. The molecule has 0 unspecified atom stereocenters. The van der Waals surface area contributed by atoms with E-state index in [4.69, 9.17) is 0 Å². The molecule has 5 aromatic carbocycles. The molecule has 18 nitrogen and oxygen atoms in total. The van der Waals surface area contributed by atoms with Gasteiger partial charge in [-0.1, -0.05) is 166 Å². The van der Waals surface area contributed by atoms with E-state index in [0.29, 0.717) is 83.1 Å². The fourth-order valence-electron chi connectivity index (χ4n) is 15.3. The molecule has 0 spiro atoms. The van der Waals surface area contributed by atoms with Crippen molar-refractivity contribution in [3.8, 4) is 0 Å². The molecule has 18 heteroatoms. The summed E-state index contributed by atoms with van der Waals surface area (Å²) in [6.45, 7) is 7.95. The molecule has 9 N–H and O–H groups in total. The van der Waals surface area contributed by atoms with E-state index < -0.39 is 36.3 Å². The number of rotatable bonds is 37. The van der Waals surface area contributed by atoms with Crippen LogP contribution >= 0.6 is 0 Å². The van der Waals surface area contributed by atoms with Crippen molar-refractivity contribution in [3.05, 3.63) is 179 Å². The number of amides is 6. The molecular weight excluding hydrogens is 1210 g/mol. The number of Topliss-reactive ketones (excluding diaryl/α,β-unsaturated/α-hetero) is 1. The van der Waals surface area contributed by atoms with Gasteiger partial charge in [-0.15, -0.1) is 0 Å². The predicted octanol–water partition coefficient (Wildman–Crippen LogP) is 8.85. The third-order valence-corrected chi connectivity index (χ3v) is 21.0. The molecule has 6 amide bonds. The van der Waals surface area contributed by atoms with Crippen molar-refractivity contribution >= 4 is 41.2 Å². The fourth-order valence-corrected chi connectivity index (χ4v) is 15.3. The van der Waals surface area contributed by atoms with Gasteiger partial charge in [-0.2, -0.15) is 0 Å². The van der Waals surface area contributed by atoms with Gasteiger partial charge >= 0.3 is 0 Å². The number of nitrogens with one attached hydrogen (secondary N) is 9. The van der Waals surface area contributed by atoms with E-state index in [1.54, 1.807) is 11.9 Å². The Hall–Kier alpha value is -7.61. The minimum atomic E-state index is -0.860. The molecular formula is C79H109N11O7. The molecule has 0 saturated carbocycles. The average molecular weight is 1320 g/mol. The normalized spacial score (nSPS) is 22.1. The number of fused-ring (bicyclic) bond motifs is 2. The standard InChI is InChI=1S/C79H109N11O7/c1-5-65(80-3)74(92)85-67-54-89-63(41-39-59(67)47-50-82-52-57-26-13-7-14-27-57)43-45-68(89)76(94)87-72(61-32-19-11-20-33-61)78(96)84-49-23-22-25-56-37-35-55(36-38-56)24-12-9-21-34-70(91)71(60-30-17-10-18-31-60)86-77(95)69-46-44-64-42-40-62(48-51-83-53-58-28-15-8-16-29-58)73(79(97)90(64)69)88-75(93)66(6-2)81-4/h7-8,10-11,13-20,26-33,35-38,59,62-69,71-73,80-83H,5-6,9,12,21-25,34,39-54H2,1-4H3,(H,84,96)(H,85,92)(H,86,95)(H,87,94)(H,88,93)/t59-,62-,63+,64+,65+,66+,67-,68+,69+,71+,72+,73+/m1/s1. The first-order valence-electron chi connectivity index (χ1n) is 36.5.